The van der Waals surface area contributed by atoms with Gasteiger partial charge >= 0.3 is 0 Å². The van der Waals surface area contributed by atoms with Gasteiger partial charge in [-0.05, 0) is 57.8 Å². The number of H-pyrrole nitrogens is 1. The van der Waals surface area contributed by atoms with E-state index < -0.39 is 0 Å². The fourth-order valence-corrected chi connectivity index (χ4v) is 3.29. The molecule has 0 aliphatic carbocycles. The first kappa shape index (κ1) is 13.1. The maximum absolute atomic E-state index is 12.4. The maximum atomic E-state index is 12.4. The Balaban J connectivity index is 2.38. The molecule has 0 atom stereocenters. The van der Waals surface area contributed by atoms with Crippen LogP contribution in [0.25, 0.3) is 15.9 Å². The molecule has 2 aromatic heterocycles. The summed E-state index contributed by atoms with van der Waals surface area (Å²) in [4.78, 5) is 15.5. The van der Waals surface area contributed by atoms with E-state index in [1.807, 2.05) is 11.4 Å². The summed E-state index contributed by atoms with van der Waals surface area (Å²) < 4.78 is 3.23. The van der Waals surface area contributed by atoms with Crippen molar-refractivity contribution in [3.05, 3.63) is 54.3 Å². The van der Waals surface area contributed by atoms with Gasteiger partial charge < -0.3 is 4.98 Å². The molecule has 0 unspecified atom stereocenters. The predicted molar refractivity (Wildman–Crippen MR) is 85.3 cm³/mol. The zero-order chi connectivity index (χ0) is 13.6. The third-order valence-electron chi connectivity index (χ3n) is 2.67. The number of thiophene rings is 1. The van der Waals surface area contributed by atoms with Gasteiger partial charge in [-0.2, -0.15) is 0 Å². The number of fused-ring (bicyclic) bond motifs is 1. The second kappa shape index (κ2) is 4.86. The zero-order valence-electron chi connectivity index (χ0n) is 9.31. The molecule has 0 saturated heterocycles. The standard InChI is InChI=1S/C12H6BrClN2OS2/c13-7-2-1-6(5-8(7)14)16-11(17)10-9(3-4-19-10)15-12(16)18/h1-5H,(H,15,18). The molecule has 3 rings (SSSR count). The van der Waals surface area contributed by atoms with Gasteiger partial charge in [0.05, 0.1) is 16.2 Å². The molecule has 0 spiro atoms. The van der Waals surface area contributed by atoms with E-state index in [9.17, 15) is 4.79 Å². The molecule has 0 amide bonds. The molecule has 1 N–H and O–H groups in total. The lowest BCUT2D eigenvalue weighted by molar-refractivity contribution is 0.943. The molecule has 96 valence electrons. The molecular formula is C12H6BrClN2OS2. The third-order valence-corrected chi connectivity index (χ3v) is 5.09. The quantitative estimate of drug-likeness (QED) is 0.637. The minimum absolute atomic E-state index is 0.132. The first-order chi connectivity index (χ1) is 9.08. The third kappa shape index (κ3) is 2.18. The molecule has 2 heterocycles. The van der Waals surface area contributed by atoms with Crippen LogP contribution >= 0.6 is 51.1 Å². The van der Waals surface area contributed by atoms with Crippen LogP contribution in [0.15, 0.2) is 38.9 Å². The molecule has 0 bridgehead atoms. The van der Waals surface area contributed by atoms with E-state index >= 15 is 0 Å². The van der Waals surface area contributed by atoms with E-state index in [2.05, 4.69) is 20.9 Å². The molecule has 1 aromatic carbocycles. The molecule has 7 heteroatoms. The maximum Gasteiger partial charge on any atom is 0.276 e. The van der Waals surface area contributed by atoms with Crippen molar-refractivity contribution in [2.45, 2.75) is 0 Å². The van der Waals surface area contributed by atoms with E-state index in [1.165, 1.54) is 15.9 Å². The highest BCUT2D eigenvalue weighted by Crippen LogP contribution is 2.25. The highest BCUT2D eigenvalue weighted by molar-refractivity contribution is 9.10. The molecule has 3 aromatic rings. The van der Waals surface area contributed by atoms with Crippen LogP contribution < -0.4 is 5.56 Å². The van der Waals surface area contributed by atoms with Crippen LogP contribution in [-0.4, -0.2) is 9.55 Å². The Morgan fingerprint density at radius 2 is 2.16 bits per heavy atom. The van der Waals surface area contributed by atoms with Crippen molar-refractivity contribution in [3.63, 3.8) is 0 Å². The Hall–Kier alpha value is -0.950. The van der Waals surface area contributed by atoms with E-state index in [0.717, 1.165) is 9.99 Å². The Morgan fingerprint density at radius 1 is 1.37 bits per heavy atom. The van der Waals surface area contributed by atoms with Gasteiger partial charge in [-0.15, -0.1) is 11.3 Å². The van der Waals surface area contributed by atoms with Crippen LogP contribution in [0.5, 0.6) is 0 Å². The lowest BCUT2D eigenvalue weighted by atomic mass is 10.3. The summed E-state index contributed by atoms with van der Waals surface area (Å²) in [5, 5.41) is 2.39. The zero-order valence-corrected chi connectivity index (χ0v) is 13.3. The number of nitrogens with zero attached hydrogens (tertiary/aromatic N) is 1. The van der Waals surface area contributed by atoms with Crippen LogP contribution in [0.4, 0.5) is 0 Å². The van der Waals surface area contributed by atoms with Gasteiger partial charge in [0.15, 0.2) is 4.77 Å². The van der Waals surface area contributed by atoms with Crippen molar-refractivity contribution < 1.29 is 0 Å². The molecule has 3 nitrogen and oxygen atoms in total. The van der Waals surface area contributed by atoms with E-state index in [0.29, 0.717) is 20.2 Å². The van der Waals surface area contributed by atoms with Gasteiger partial charge in [-0.1, -0.05) is 11.6 Å². The summed E-state index contributed by atoms with van der Waals surface area (Å²) in [6.45, 7) is 0. The Bertz CT molecular complexity index is 897. The van der Waals surface area contributed by atoms with E-state index in [1.54, 1.807) is 18.2 Å². The molecule has 0 aliphatic heterocycles. The van der Waals surface area contributed by atoms with Crippen LogP contribution in [0, 0.1) is 4.77 Å². The summed E-state index contributed by atoms with van der Waals surface area (Å²) >= 11 is 16.0. The van der Waals surface area contributed by atoms with Crippen molar-refractivity contribution in [1.82, 2.24) is 9.55 Å². The second-order valence-electron chi connectivity index (χ2n) is 3.83. The minimum atomic E-state index is -0.132. The molecule has 19 heavy (non-hydrogen) atoms. The van der Waals surface area contributed by atoms with Gasteiger partial charge in [0.2, 0.25) is 0 Å². The van der Waals surface area contributed by atoms with Crippen molar-refractivity contribution in [1.29, 1.82) is 0 Å². The normalized spacial score (nSPS) is 11.1. The van der Waals surface area contributed by atoms with Crippen molar-refractivity contribution in [2.24, 2.45) is 0 Å². The monoisotopic (exact) mass is 372 g/mol. The van der Waals surface area contributed by atoms with Gasteiger partial charge in [0.1, 0.15) is 4.70 Å². The van der Waals surface area contributed by atoms with Crippen LogP contribution in [-0.2, 0) is 0 Å². The number of aromatic amines is 1. The van der Waals surface area contributed by atoms with Crippen LogP contribution in [0.2, 0.25) is 5.02 Å². The average Bonchev–Trinajstić information content (AvgIpc) is 2.82. The summed E-state index contributed by atoms with van der Waals surface area (Å²) in [5.41, 5.74) is 1.28. The van der Waals surface area contributed by atoms with Crippen molar-refractivity contribution >= 4 is 61.3 Å². The number of hydrogen-bond acceptors (Lipinski definition) is 3. The Labute approximate surface area is 130 Å². The number of benzene rings is 1. The summed E-state index contributed by atoms with van der Waals surface area (Å²) in [6, 6.07) is 7.13. The SMILES string of the molecule is O=c1c2sccc2[nH]c(=S)n1-c1ccc(Br)c(Cl)c1. The van der Waals surface area contributed by atoms with Gasteiger partial charge in [0.25, 0.3) is 5.56 Å². The lowest BCUT2D eigenvalue weighted by Crippen LogP contribution is -2.19. The van der Waals surface area contributed by atoms with Gasteiger partial charge in [-0.25, -0.2) is 0 Å². The highest BCUT2D eigenvalue weighted by atomic mass is 79.9. The number of nitrogens with one attached hydrogen (secondary N) is 1. The molecular weight excluding hydrogens is 368 g/mol. The fourth-order valence-electron chi connectivity index (χ4n) is 1.80. The molecule has 0 aliphatic rings. The Morgan fingerprint density at radius 3 is 2.89 bits per heavy atom. The smallest absolute Gasteiger partial charge is 0.276 e. The number of hydrogen-bond donors (Lipinski definition) is 1. The predicted octanol–water partition coefficient (Wildman–Crippen LogP) is 4.53. The fraction of sp³-hybridized carbons (Fsp3) is 0. The van der Waals surface area contributed by atoms with Crippen LogP contribution in [0.3, 0.4) is 0 Å². The van der Waals surface area contributed by atoms with Crippen LogP contribution in [0.1, 0.15) is 0 Å². The number of aromatic nitrogens is 2. The Kier molecular flexibility index (Phi) is 3.34. The first-order valence-electron chi connectivity index (χ1n) is 5.26. The topological polar surface area (TPSA) is 37.8 Å². The molecule has 0 fully saturated rings. The van der Waals surface area contributed by atoms with Gasteiger partial charge in [-0.3, -0.25) is 9.36 Å². The number of rotatable bonds is 1. The largest absolute Gasteiger partial charge is 0.331 e. The summed E-state index contributed by atoms with van der Waals surface area (Å²) in [5.74, 6) is 0. The second-order valence-corrected chi connectivity index (χ2v) is 6.40. The number of halogens is 2. The van der Waals surface area contributed by atoms with E-state index in [4.69, 9.17) is 23.8 Å². The van der Waals surface area contributed by atoms with E-state index in [-0.39, 0.29) is 5.56 Å². The van der Waals surface area contributed by atoms with Crippen molar-refractivity contribution in [2.75, 3.05) is 0 Å². The lowest BCUT2D eigenvalue weighted by Gasteiger charge is -2.07. The first-order valence-corrected chi connectivity index (χ1v) is 7.72. The molecule has 0 saturated carbocycles. The summed E-state index contributed by atoms with van der Waals surface area (Å²) in [7, 11) is 0. The molecule has 0 radical (unpaired) electrons. The summed E-state index contributed by atoms with van der Waals surface area (Å²) in [6.07, 6.45) is 0. The van der Waals surface area contributed by atoms with Crippen molar-refractivity contribution in [3.8, 4) is 5.69 Å². The highest BCUT2D eigenvalue weighted by Gasteiger charge is 2.09. The minimum Gasteiger partial charge on any atom is -0.331 e. The van der Waals surface area contributed by atoms with Gasteiger partial charge in [0, 0.05) is 4.47 Å². The average molecular weight is 374 g/mol.